The van der Waals surface area contributed by atoms with Gasteiger partial charge in [0, 0.05) is 0 Å². The van der Waals surface area contributed by atoms with E-state index in [-0.39, 0.29) is 16.5 Å². The normalized spacial score (nSPS) is 12.7. The number of hydrogen-bond acceptors (Lipinski definition) is 8. The summed E-state index contributed by atoms with van der Waals surface area (Å²) in [5.74, 6) is -0.505. The number of amides is 1. The molecule has 142 valence electrons. The third-order valence-corrected chi connectivity index (χ3v) is 5.43. The molecular formula is C14H12F3N7OS2. The van der Waals surface area contributed by atoms with Gasteiger partial charge in [0.1, 0.15) is 0 Å². The SMILES string of the molecule is CC[C@@H](Sc1nnnn1-c1ccccc1)C(=O)Nc1nnc(C(F)(F)F)s1. The number of rotatable bonds is 6. The number of hydrogen-bond donors (Lipinski definition) is 1. The molecule has 2 heterocycles. The summed E-state index contributed by atoms with van der Waals surface area (Å²) < 4.78 is 39.2. The Balaban J connectivity index is 1.72. The van der Waals surface area contributed by atoms with E-state index >= 15 is 0 Å². The number of aromatic nitrogens is 6. The minimum absolute atomic E-state index is 0.214. The molecule has 2 aromatic heterocycles. The Bertz CT molecular complexity index is 913. The first-order chi connectivity index (χ1) is 12.9. The van der Waals surface area contributed by atoms with Crippen molar-refractivity contribution in [2.45, 2.75) is 29.9 Å². The molecule has 3 aromatic rings. The molecule has 27 heavy (non-hydrogen) atoms. The summed E-state index contributed by atoms with van der Waals surface area (Å²) in [5, 5.41) is 18.6. The molecule has 3 rings (SSSR count). The van der Waals surface area contributed by atoms with Gasteiger partial charge in [-0.25, -0.2) is 0 Å². The molecule has 0 spiro atoms. The van der Waals surface area contributed by atoms with Crippen molar-refractivity contribution < 1.29 is 18.0 Å². The van der Waals surface area contributed by atoms with E-state index in [0.29, 0.717) is 11.6 Å². The maximum atomic E-state index is 12.6. The summed E-state index contributed by atoms with van der Waals surface area (Å²) in [6.07, 6.45) is -4.19. The van der Waals surface area contributed by atoms with Gasteiger partial charge in [-0.2, -0.15) is 17.9 Å². The number of benzene rings is 1. The number of nitrogens with one attached hydrogen (secondary N) is 1. The van der Waals surface area contributed by atoms with Crippen molar-refractivity contribution in [2.75, 3.05) is 5.32 Å². The van der Waals surface area contributed by atoms with Crippen LogP contribution in [0.15, 0.2) is 35.5 Å². The van der Waals surface area contributed by atoms with Crippen LogP contribution in [0.25, 0.3) is 5.69 Å². The smallest absolute Gasteiger partial charge is 0.300 e. The molecule has 0 unspecified atom stereocenters. The number of anilines is 1. The summed E-state index contributed by atoms with van der Waals surface area (Å²) >= 11 is 1.38. The zero-order chi connectivity index (χ0) is 19.4. The van der Waals surface area contributed by atoms with Gasteiger partial charge in [0.2, 0.25) is 21.2 Å². The van der Waals surface area contributed by atoms with E-state index in [2.05, 4.69) is 31.0 Å². The number of alkyl halides is 3. The van der Waals surface area contributed by atoms with Gasteiger partial charge < -0.3 is 0 Å². The van der Waals surface area contributed by atoms with Crippen molar-refractivity contribution >= 4 is 34.1 Å². The van der Waals surface area contributed by atoms with Crippen molar-refractivity contribution in [1.29, 1.82) is 0 Å². The average Bonchev–Trinajstić information content (AvgIpc) is 3.29. The second-order valence-electron chi connectivity index (χ2n) is 5.12. The average molecular weight is 415 g/mol. The number of nitrogens with zero attached hydrogens (tertiary/aromatic N) is 6. The van der Waals surface area contributed by atoms with Crippen molar-refractivity contribution in [1.82, 2.24) is 30.4 Å². The van der Waals surface area contributed by atoms with Gasteiger partial charge in [-0.1, -0.05) is 48.2 Å². The first kappa shape index (κ1) is 19.2. The van der Waals surface area contributed by atoms with E-state index in [1.54, 1.807) is 19.1 Å². The first-order valence-electron chi connectivity index (χ1n) is 7.60. The fourth-order valence-electron chi connectivity index (χ4n) is 2.01. The molecule has 0 saturated heterocycles. The summed E-state index contributed by atoms with van der Waals surface area (Å²) in [6.45, 7) is 1.77. The fraction of sp³-hybridized carbons (Fsp3) is 0.286. The molecule has 0 fully saturated rings. The predicted octanol–water partition coefficient (Wildman–Crippen LogP) is 3.04. The standard InChI is InChI=1S/C14H12F3N7OS2/c1-2-9(10(25)18-12-20-19-11(27-12)14(15,16)17)26-13-21-22-23-24(13)8-6-4-3-5-7-8/h3-7,9H,2H2,1H3,(H,18,20,25)/t9-/m1/s1. The third-order valence-electron chi connectivity index (χ3n) is 3.25. The summed E-state index contributed by atoms with van der Waals surface area (Å²) in [7, 11) is 0. The van der Waals surface area contributed by atoms with E-state index in [4.69, 9.17) is 0 Å². The number of tetrazole rings is 1. The summed E-state index contributed by atoms with van der Waals surface area (Å²) in [4.78, 5) is 12.4. The highest BCUT2D eigenvalue weighted by atomic mass is 32.2. The monoisotopic (exact) mass is 415 g/mol. The van der Waals surface area contributed by atoms with Crippen LogP contribution in [0, 0.1) is 0 Å². The molecule has 1 aromatic carbocycles. The molecule has 8 nitrogen and oxygen atoms in total. The highest BCUT2D eigenvalue weighted by molar-refractivity contribution is 8.00. The van der Waals surface area contributed by atoms with Crippen LogP contribution in [-0.2, 0) is 11.0 Å². The number of carbonyl (C=O) groups is 1. The number of thioether (sulfide) groups is 1. The summed E-state index contributed by atoms with van der Waals surface area (Å²) in [5.41, 5.74) is 0.721. The van der Waals surface area contributed by atoms with Gasteiger partial charge in [-0.05, 0) is 29.0 Å². The minimum atomic E-state index is -4.60. The van der Waals surface area contributed by atoms with Gasteiger partial charge in [0.15, 0.2) is 0 Å². The molecule has 0 saturated carbocycles. The lowest BCUT2D eigenvalue weighted by atomic mass is 10.3. The van der Waals surface area contributed by atoms with E-state index in [9.17, 15) is 18.0 Å². The van der Waals surface area contributed by atoms with Crippen molar-refractivity contribution in [3.8, 4) is 5.69 Å². The second-order valence-corrected chi connectivity index (χ2v) is 7.27. The minimum Gasteiger partial charge on any atom is -0.300 e. The Morgan fingerprint density at radius 3 is 2.63 bits per heavy atom. The van der Waals surface area contributed by atoms with E-state index in [1.165, 1.54) is 4.68 Å². The van der Waals surface area contributed by atoms with Crippen LogP contribution in [0.4, 0.5) is 18.3 Å². The molecule has 1 N–H and O–H groups in total. The lowest BCUT2D eigenvalue weighted by Gasteiger charge is -2.12. The van der Waals surface area contributed by atoms with Crippen molar-refractivity contribution in [2.24, 2.45) is 0 Å². The quantitative estimate of drug-likeness (QED) is 0.618. The molecule has 13 heteroatoms. The van der Waals surface area contributed by atoms with Crippen LogP contribution >= 0.6 is 23.1 Å². The van der Waals surface area contributed by atoms with Gasteiger partial charge in [0.05, 0.1) is 10.9 Å². The Morgan fingerprint density at radius 2 is 2.00 bits per heavy atom. The third kappa shape index (κ3) is 4.60. The molecule has 0 bridgehead atoms. The highest BCUT2D eigenvalue weighted by Crippen LogP contribution is 2.33. The zero-order valence-corrected chi connectivity index (χ0v) is 15.3. The van der Waals surface area contributed by atoms with Crippen molar-refractivity contribution in [3.63, 3.8) is 0 Å². The lowest BCUT2D eigenvalue weighted by molar-refractivity contribution is -0.138. The number of carbonyl (C=O) groups excluding carboxylic acids is 1. The topological polar surface area (TPSA) is 98.5 Å². The zero-order valence-electron chi connectivity index (χ0n) is 13.7. The van der Waals surface area contributed by atoms with E-state index in [1.807, 2.05) is 18.2 Å². The Hall–Kier alpha value is -2.54. The Morgan fingerprint density at radius 1 is 1.26 bits per heavy atom. The lowest BCUT2D eigenvalue weighted by Crippen LogP contribution is -2.25. The van der Waals surface area contributed by atoms with Crippen molar-refractivity contribution in [3.05, 3.63) is 35.3 Å². The van der Waals surface area contributed by atoms with Crippen LogP contribution in [0.1, 0.15) is 18.4 Å². The molecule has 1 atom stereocenters. The maximum absolute atomic E-state index is 12.6. The van der Waals surface area contributed by atoms with Crippen LogP contribution in [0.2, 0.25) is 0 Å². The Labute approximate surface area is 159 Å². The Kier molecular flexibility index (Phi) is 5.70. The van der Waals surface area contributed by atoms with Crippen LogP contribution < -0.4 is 5.32 Å². The van der Waals surface area contributed by atoms with Crippen LogP contribution in [-0.4, -0.2) is 41.6 Å². The summed E-state index contributed by atoms with van der Waals surface area (Å²) in [6, 6.07) is 9.11. The molecule has 0 radical (unpaired) electrons. The fourth-order valence-corrected chi connectivity index (χ4v) is 3.53. The van der Waals surface area contributed by atoms with Gasteiger partial charge in [-0.15, -0.1) is 15.3 Å². The molecular weight excluding hydrogens is 403 g/mol. The first-order valence-corrected chi connectivity index (χ1v) is 9.30. The second kappa shape index (κ2) is 8.00. The van der Waals surface area contributed by atoms with Gasteiger partial charge >= 0.3 is 6.18 Å². The molecule has 1 amide bonds. The van der Waals surface area contributed by atoms with Gasteiger partial charge in [0.25, 0.3) is 0 Å². The van der Waals surface area contributed by atoms with Crippen LogP contribution in [0.5, 0.6) is 0 Å². The largest absolute Gasteiger partial charge is 0.445 e. The highest BCUT2D eigenvalue weighted by Gasteiger charge is 2.36. The molecule has 0 aliphatic heterocycles. The number of halogens is 3. The van der Waals surface area contributed by atoms with Crippen LogP contribution in [0.3, 0.4) is 0 Å². The number of para-hydroxylation sites is 1. The molecule has 0 aliphatic carbocycles. The predicted molar refractivity (Wildman–Crippen MR) is 92.6 cm³/mol. The van der Waals surface area contributed by atoms with E-state index < -0.39 is 22.3 Å². The maximum Gasteiger partial charge on any atom is 0.445 e. The van der Waals surface area contributed by atoms with Gasteiger partial charge in [-0.3, -0.25) is 10.1 Å². The van der Waals surface area contributed by atoms with E-state index in [0.717, 1.165) is 17.4 Å². The molecule has 0 aliphatic rings.